The van der Waals surface area contributed by atoms with E-state index in [1.807, 2.05) is 31.2 Å². The minimum Gasteiger partial charge on any atom is -0.303 e. The number of aryl methyl sites for hydroxylation is 1. The Morgan fingerprint density at radius 2 is 1.81 bits per heavy atom. The molecule has 0 aromatic heterocycles. The summed E-state index contributed by atoms with van der Waals surface area (Å²) in [7, 11) is -3.76. The van der Waals surface area contributed by atoms with Crippen LogP contribution in [0.2, 0.25) is 0 Å². The van der Waals surface area contributed by atoms with Crippen LogP contribution in [0.25, 0.3) is 0 Å². The minimum atomic E-state index is -3.76. The molecule has 0 aliphatic carbocycles. The highest BCUT2D eigenvalue weighted by molar-refractivity contribution is 7.72. The Labute approximate surface area is 126 Å². The predicted molar refractivity (Wildman–Crippen MR) is 84.8 cm³/mol. The largest absolute Gasteiger partial charge is 0.401 e. The zero-order chi connectivity index (χ0) is 15.7. The molecular formula is C16H23O4P. The number of carbonyl (C=O) groups excluding carboxylic acids is 1. The third-order valence-corrected chi connectivity index (χ3v) is 4.85. The average Bonchev–Trinajstić information content (AvgIpc) is 2.48. The van der Waals surface area contributed by atoms with Crippen molar-refractivity contribution in [1.82, 2.24) is 0 Å². The molecule has 0 saturated carbocycles. The number of allylic oxidation sites excluding steroid dienone is 2. The monoisotopic (exact) mass is 310 g/mol. The van der Waals surface area contributed by atoms with Crippen molar-refractivity contribution in [2.75, 3.05) is 13.2 Å². The lowest BCUT2D eigenvalue weighted by Crippen LogP contribution is -2.10. The lowest BCUT2D eigenvalue weighted by atomic mass is 10.0. The van der Waals surface area contributed by atoms with E-state index >= 15 is 0 Å². The maximum Gasteiger partial charge on any atom is 0.401 e. The highest BCUT2D eigenvalue weighted by Gasteiger charge is 2.36. The second-order valence-corrected chi connectivity index (χ2v) is 6.32. The summed E-state index contributed by atoms with van der Waals surface area (Å²) in [6, 6.07) is 7.18. The predicted octanol–water partition coefficient (Wildman–Crippen LogP) is 4.60. The van der Waals surface area contributed by atoms with Gasteiger partial charge in [-0.25, -0.2) is 0 Å². The van der Waals surface area contributed by atoms with Gasteiger partial charge in [-0.05, 0) is 39.2 Å². The fourth-order valence-electron chi connectivity index (χ4n) is 1.99. The fraction of sp³-hybridized carbons (Fsp3) is 0.438. The molecule has 0 bridgehead atoms. The Hall–Kier alpha value is -1.22. The van der Waals surface area contributed by atoms with E-state index in [0.717, 1.165) is 12.0 Å². The van der Waals surface area contributed by atoms with Gasteiger partial charge in [0.05, 0.1) is 13.2 Å². The Bertz CT molecular complexity index is 527. The van der Waals surface area contributed by atoms with Crippen LogP contribution in [0.4, 0.5) is 0 Å². The summed E-state index contributed by atoms with van der Waals surface area (Å²) in [5, 5.41) is 0. The molecule has 0 unspecified atom stereocenters. The molecule has 5 heteroatoms. The first kappa shape index (κ1) is 17.8. The zero-order valence-electron chi connectivity index (χ0n) is 12.9. The van der Waals surface area contributed by atoms with Gasteiger partial charge in [0.25, 0.3) is 5.52 Å². The van der Waals surface area contributed by atoms with Crippen molar-refractivity contribution in [3.05, 3.63) is 47.5 Å². The molecule has 0 fully saturated rings. The van der Waals surface area contributed by atoms with Crippen molar-refractivity contribution in [2.45, 2.75) is 33.6 Å². The summed E-state index contributed by atoms with van der Waals surface area (Å²) >= 11 is 0. The van der Waals surface area contributed by atoms with Gasteiger partial charge < -0.3 is 9.05 Å². The molecule has 0 aliphatic heterocycles. The first-order valence-electron chi connectivity index (χ1n) is 7.22. The van der Waals surface area contributed by atoms with Crippen molar-refractivity contribution in [3.8, 4) is 0 Å². The molecule has 0 spiro atoms. The lowest BCUT2D eigenvalue weighted by Gasteiger charge is -2.17. The molecule has 4 nitrogen and oxygen atoms in total. The quantitative estimate of drug-likeness (QED) is 0.494. The van der Waals surface area contributed by atoms with Gasteiger partial charge in [-0.1, -0.05) is 36.4 Å². The van der Waals surface area contributed by atoms with Crippen LogP contribution < -0.4 is 0 Å². The van der Waals surface area contributed by atoms with Gasteiger partial charge in [0, 0.05) is 5.56 Å². The summed E-state index contributed by atoms with van der Waals surface area (Å²) in [4.78, 5) is 12.6. The Morgan fingerprint density at radius 1 is 1.19 bits per heavy atom. The molecule has 1 aromatic carbocycles. The number of benzene rings is 1. The zero-order valence-corrected chi connectivity index (χ0v) is 13.8. The fourth-order valence-corrected chi connectivity index (χ4v) is 3.50. The molecular weight excluding hydrogens is 287 g/mol. The normalized spacial score (nSPS) is 12.0. The third-order valence-electron chi connectivity index (χ3n) is 2.91. The van der Waals surface area contributed by atoms with Gasteiger partial charge in [-0.3, -0.25) is 9.36 Å². The average molecular weight is 310 g/mol. The Kier molecular flexibility index (Phi) is 7.58. The summed E-state index contributed by atoms with van der Waals surface area (Å²) in [5.41, 5.74) is 0.731. The van der Waals surface area contributed by atoms with Crippen LogP contribution >= 0.6 is 7.60 Å². The van der Waals surface area contributed by atoms with Crippen LogP contribution in [-0.2, 0) is 20.0 Å². The van der Waals surface area contributed by atoms with Gasteiger partial charge in [0.15, 0.2) is 0 Å². The van der Waals surface area contributed by atoms with Crippen molar-refractivity contribution < 1.29 is 18.4 Å². The SMILES string of the molecule is C/C=C/CCc1ccccc1C(=O)P(=O)(OCC)OCC. The topological polar surface area (TPSA) is 52.6 Å². The second kappa shape index (κ2) is 8.93. The van der Waals surface area contributed by atoms with Crippen LogP contribution in [0.5, 0.6) is 0 Å². The molecule has 21 heavy (non-hydrogen) atoms. The second-order valence-electron chi connectivity index (χ2n) is 4.40. The maximum atomic E-state index is 12.6. The van der Waals surface area contributed by atoms with Crippen molar-refractivity contribution in [2.24, 2.45) is 0 Å². The van der Waals surface area contributed by atoms with E-state index in [9.17, 15) is 9.36 Å². The number of hydrogen-bond acceptors (Lipinski definition) is 4. The van der Waals surface area contributed by atoms with Crippen LogP contribution in [0.15, 0.2) is 36.4 Å². The Morgan fingerprint density at radius 3 is 2.38 bits per heavy atom. The van der Waals surface area contributed by atoms with Crippen LogP contribution in [0.1, 0.15) is 43.1 Å². The summed E-state index contributed by atoms with van der Waals surface area (Å²) in [6.45, 7) is 5.68. The third kappa shape index (κ3) is 4.92. The van der Waals surface area contributed by atoms with Crippen LogP contribution in [-0.4, -0.2) is 18.7 Å². The highest BCUT2D eigenvalue weighted by Crippen LogP contribution is 2.51. The van der Waals surface area contributed by atoms with Crippen molar-refractivity contribution in [3.63, 3.8) is 0 Å². The van der Waals surface area contributed by atoms with Crippen molar-refractivity contribution >= 4 is 13.1 Å². The molecule has 116 valence electrons. The Balaban J connectivity index is 3.07. The first-order chi connectivity index (χ1) is 10.1. The molecule has 0 radical (unpaired) electrons. The van der Waals surface area contributed by atoms with E-state index < -0.39 is 13.1 Å². The van der Waals surface area contributed by atoms with Gasteiger partial charge in [0.1, 0.15) is 0 Å². The summed E-state index contributed by atoms with van der Waals surface area (Å²) in [5.74, 6) is 0. The highest BCUT2D eigenvalue weighted by atomic mass is 31.2. The standard InChI is InChI=1S/C16H23O4P/c1-4-7-8-11-14-12-9-10-13-15(14)16(17)21(18,19-5-2)20-6-3/h4,7,9-10,12-13H,5-6,8,11H2,1-3H3/b7-4+. The van der Waals surface area contributed by atoms with E-state index in [4.69, 9.17) is 9.05 Å². The number of carbonyl (C=O) groups is 1. The molecule has 0 N–H and O–H groups in total. The maximum absolute atomic E-state index is 12.6. The molecule has 1 rings (SSSR count). The molecule has 0 aliphatic rings. The molecule has 0 atom stereocenters. The molecule has 1 aromatic rings. The molecule has 0 saturated heterocycles. The van der Waals surface area contributed by atoms with Crippen molar-refractivity contribution in [1.29, 1.82) is 0 Å². The van der Waals surface area contributed by atoms with Gasteiger partial charge in [-0.2, -0.15) is 0 Å². The lowest BCUT2D eigenvalue weighted by molar-refractivity contribution is 0.100. The summed E-state index contributed by atoms with van der Waals surface area (Å²) in [6.07, 6.45) is 5.54. The smallest absolute Gasteiger partial charge is 0.303 e. The van der Waals surface area contributed by atoms with E-state index in [-0.39, 0.29) is 13.2 Å². The van der Waals surface area contributed by atoms with E-state index in [1.165, 1.54) is 0 Å². The van der Waals surface area contributed by atoms with Crippen LogP contribution in [0, 0.1) is 0 Å². The van der Waals surface area contributed by atoms with Gasteiger partial charge in [-0.15, -0.1) is 0 Å². The minimum absolute atomic E-state index is 0.170. The van der Waals surface area contributed by atoms with Gasteiger partial charge in [0.2, 0.25) is 0 Å². The molecule has 0 amide bonds. The van der Waals surface area contributed by atoms with E-state index in [1.54, 1.807) is 26.0 Å². The number of rotatable bonds is 9. The number of hydrogen-bond donors (Lipinski definition) is 0. The van der Waals surface area contributed by atoms with Crippen LogP contribution in [0.3, 0.4) is 0 Å². The van der Waals surface area contributed by atoms with E-state index in [2.05, 4.69) is 0 Å². The first-order valence-corrected chi connectivity index (χ1v) is 8.76. The van der Waals surface area contributed by atoms with Gasteiger partial charge >= 0.3 is 7.60 Å². The van der Waals surface area contributed by atoms with E-state index in [0.29, 0.717) is 12.0 Å². The molecule has 0 heterocycles. The summed E-state index contributed by atoms with van der Waals surface area (Å²) < 4.78 is 22.9.